The molecule has 1 atom stereocenters. The van der Waals surface area contributed by atoms with E-state index in [0.29, 0.717) is 6.54 Å². The third kappa shape index (κ3) is 4.24. The Bertz CT molecular complexity index is 537. The second kappa shape index (κ2) is 6.91. The van der Waals surface area contributed by atoms with Crippen molar-refractivity contribution in [3.63, 3.8) is 0 Å². The third-order valence-corrected chi connectivity index (χ3v) is 2.79. The predicted octanol–water partition coefficient (Wildman–Crippen LogP) is 2.93. The number of rotatable bonds is 6. The third-order valence-electron chi connectivity index (χ3n) is 2.79. The van der Waals surface area contributed by atoms with Gasteiger partial charge in [-0.25, -0.2) is 0 Å². The van der Waals surface area contributed by atoms with Crippen molar-refractivity contribution in [1.29, 1.82) is 0 Å². The van der Waals surface area contributed by atoms with Crippen LogP contribution < -0.4 is 10.1 Å². The largest absolute Gasteiger partial charge is 0.435 e. The van der Waals surface area contributed by atoms with Crippen molar-refractivity contribution in [2.75, 3.05) is 0 Å². The van der Waals surface area contributed by atoms with E-state index in [1.54, 1.807) is 30.7 Å². The van der Waals surface area contributed by atoms with E-state index >= 15 is 0 Å². The lowest BCUT2D eigenvalue weighted by Gasteiger charge is -2.15. The summed E-state index contributed by atoms with van der Waals surface area (Å²) in [4.78, 5) is 8.13. The van der Waals surface area contributed by atoms with Gasteiger partial charge in [0.25, 0.3) is 0 Å². The number of hydrogen-bond donors (Lipinski definition) is 1. The number of hydrogen-bond acceptors (Lipinski definition) is 4. The van der Waals surface area contributed by atoms with Crippen LogP contribution in [-0.2, 0) is 6.54 Å². The summed E-state index contributed by atoms with van der Waals surface area (Å²) >= 11 is 0. The lowest BCUT2D eigenvalue weighted by atomic mass is 10.1. The zero-order valence-electron chi connectivity index (χ0n) is 11.0. The zero-order valence-corrected chi connectivity index (χ0v) is 11.0. The first-order valence-corrected chi connectivity index (χ1v) is 6.18. The SMILES string of the molecule is CC(NCc1cnccn1)c1cccc(OC(F)F)c1. The van der Waals surface area contributed by atoms with Crippen molar-refractivity contribution < 1.29 is 13.5 Å². The topological polar surface area (TPSA) is 47.0 Å². The van der Waals surface area contributed by atoms with Crippen LogP contribution in [-0.4, -0.2) is 16.6 Å². The number of nitrogens with zero attached hydrogens (tertiary/aromatic N) is 2. The van der Waals surface area contributed by atoms with Crippen molar-refractivity contribution in [2.24, 2.45) is 0 Å². The molecular formula is C14H15F2N3O. The van der Waals surface area contributed by atoms with E-state index in [9.17, 15) is 8.78 Å². The molecule has 6 heteroatoms. The normalized spacial score (nSPS) is 12.4. The van der Waals surface area contributed by atoms with E-state index < -0.39 is 6.61 Å². The fourth-order valence-corrected chi connectivity index (χ4v) is 1.76. The molecule has 0 radical (unpaired) electrons. The Kier molecular flexibility index (Phi) is 4.95. The molecule has 1 aromatic carbocycles. The van der Waals surface area contributed by atoms with Crippen LogP contribution in [0.1, 0.15) is 24.2 Å². The molecule has 0 aliphatic heterocycles. The van der Waals surface area contributed by atoms with E-state index in [1.165, 1.54) is 6.07 Å². The summed E-state index contributed by atoms with van der Waals surface area (Å²) in [5.41, 5.74) is 1.69. The second-order valence-corrected chi connectivity index (χ2v) is 4.25. The molecule has 1 N–H and O–H groups in total. The van der Waals surface area contributed by atoms with E-state index in [2.05, 4.69) is 20.0 Å². The van der Waals surface area contributed by atoms with Crippen LogP contribution in [0.25, 0.3) is 0 Å². The van der Waals surface area contributed by atoms with Crippen LogP contribution in [0.2, 0.25) is 0 Å². The van der Waals surface area contributed by atoms with Crippen LogP contribution in [0.15, 0.2) is 42.9 Å². The Morgan fingerprint density at radius 3 is 2.85 bits per heavy atom. The van der Waals surface area contributed by atoms with Gasteiger partial charge in [0.1, 0.15) is 5.75 Å². The van der Waals surface area contributed by atoms with E-state index in [1.807, 2.05) is 13.0 Å². The number of alkyl halides is 2. The van der Waals surface area contributed by atoms with Gasteiger partial charge in [0.2, 0.25) is 0 Å². The zero-order chi connectivity index (χ0) is 14.4. The molecular weight excluding hydrogens is 264 g/mol. The maximum atomic E-state index is 12.2. The number of benzene rings is 1. The molecule has 2 aromatic rings. The molecule has 0 saturated carbocycles. The molecule has 0 saturated heterocycles. The highest BCUT2D eigenvalue weighted by atomic mass is 19.3. The highest BCUT2D eigenvalue weighted by Gasteiger charge is 2.09. The average molecular weight is 279 g/mol. The molecule has 106 valence electrons. The van der Waals surface area contributed by atoms with E-state index in [0.717, 1.165) is 11.3 Å². The smallest absolute Gasteiger partial charge is 0.387 e. The first kappa shape index (κ1) is 14.3. The highest BCUT2D eigenvalue weighted by Crippen LogP contribution is 2.20. The molecule has 1 unspecified atom stereocenters. The van der Waals surface area contributed by atoms with Crippen LogP contribution >= 0.6 is 0 Å². The Morgan fingerprint density at radius 1 is 1.30 bits per heavy atom. The highest BCUT2D eigenvalue weighted by molar-refractivity contribution is 5.30. The number of aromatic nitrogens is 2. The van der Waals surface area contributed by atoms with E-state index in [4.69, 9.17) is 0 Å². The Hall–Kier alpha value is -2.08. The minimum atomic E-state index is -2.81. The van der Waals surface area contributed by atoms with Crippen molar-refractivity contribution in [2.45, 2.75) is 26.1 Å². The van der Waals surface area contributed by atoms with Gasteiger partial charge in [0.15, 0.2) is 0 Å². The van der Waals surface area contributed by atoms with Crippen molar-refractivity contribution in [3.8, 4) is 5.75 Å². The van der Waals surface area contributed by atoms with Gasteiger partial charge in [-0.15, -0.1) is 0 Å². The summed E-state index contributed by atoms with van der Waals surface area (Å²) in [6, 6.07) is 6.63. The van der Waals surface area contributed by atoms with Gasteiger partial charge in [0, 0.05) is 31.2 Å². The Labute approximate surface area is 115 Å². The summed E-state index contributed by atoms with van der Waals surface area (Å²) < 4.78 is 28.7. The molecule has 0 aliphatic rings. The Morgan fingerprint density at radius 2 is 2.15 bits per heavy atom. The van der Waals surface area contributed by atoms with Crippen LogP contribution in [0.3, 0.4) is 0 Å². The molecule has 0 aliphatic carbocycles. The standard InChI is InChI=1S/C14H15F2N3O/c1-10(19-9-12-8-17-5-6-18-12)11-3-2-4-13(7-11)20-14(15)16/h2-8,10,14,19H,9H2,1H3. The monoisotopic (exact) mass is 279 g/mol. The minimum absolute atomic E-state index is 0.0155. The fourth-order valence-electron chi connectivity index (χ4n) is 1.76. The molecule has 20 heavy (non-hydrogen) atoms. The van der Waals surface area contributed by atoms with Crippen LogP contribution in [0, 0.1) is 0 Å². The Balaban J connectivity index is 1.96. The maximum Gasteiger partial charge on any atom is 0.387 e. The first-order valence-electron chi connectivity index (χ1n) is 6.18. The summed E-state index contributed by atoms with van der Waals surface area (Å²) in [5.74, 6) is 0.158. The number of nitrogens with one attached hydrogen (secondary N) is 1. The van der Waals surface area contributed by atoms with Crippen LogP contribution in [0.4, 0.5) is 8.78 Å². The predicted molar refractivity (Wildman–Crippen MR) is 70.4 cm³/mol. The summed E-state index contributed by atoms with van der Waals surface area (Å²) in [5, 5.41) is 3.25. The molecule has 0 spiro atoms. The van der Waals surface area contributed by atoms with Gasteiger partial charge < -0.3 is 10.1 Å². The van der Waals surface area contributed by atoms with Gasteiger partial charge >= 0.3 is 6.61 Å². The van der Waals surface area contributed by atoms with Crippen molar-refractivity contribution >= 4 is 0 Å². The average Bonchev–Trinajstić information content (AvgIpc) is 2.45. The summed E-state index contributed by atoms with van der Waals surface area (Å²) in [6.07, 6.45) is 4.91. The molecule has 2 rings (SSSR count). The lowest BCUT2D eigenvalue weighted by Crippen LogP contribution is -2.19. The van der Waals surface area contributed by atoms with Gasteiger partial charge in [0.05, 0.1) is 5.69 Å². The molecule has 0 amide bonds. The number of ether oxygens (including phenoxy) is 1. The number of halogens is 2. The van der Waals surface area contributed by atoms with Gasteiger partial charge in [-0.3, -0.25) is 9.97 Å². The molecule has 4 nitrogen and oxygen atoms in total. The van der Waals surface area contributed by atoms with Crippen molar-refractivity contribution in [3.05, 3.63) is 54.1 Å². The molecule has 0 fully saturated rings. The van der Waals surface area contributed by atoms with Crippen molar-refractivity contribution in [1.82, 2.24) is 15.3 Å². The lowest BCUT2D eigenvalue weighted by molar-refractivity contribution is -0.0499. The van der Waals surface area contributed by atoms with Crippen LogP contribution in [0.5, 0.6) is 5.75 Å². The fraction of sp³-hybridized carbons (Fsp3) is 0.286. The van der Waals surface area contributed by atoms with Gasteiger partial charge in [-0.05, 0) is 24.6 Å². The minimum Gasteiger partial charge on any atom is -0.435 e. The molecule has 1 heterocycles. The maximum absolute atomic E-state index is 12.2. The first-order chi connectivity index (χ1) is 9.65. The quantitative estimate of drug-likeness (QED) is 0.883. The molecule has 0 bridgehead atoms. The molecule has 1 aromatic heterocycles. The van der Waals surface area contributed by atoms with E-state index in [-0.39, 0.29) is 11.8 Å². The second-order valence-electron chi connectivity index (χ2n) is 4.25. The summed E-state index contributed by atoms with van der Waals surface area (Å²) in [7, 11) is 0. The summed E-state index contributed by atoms with van der Waals surface area (Å²) in [6.45, 7) is -0.319. The van der Waals surface area contributed by atoms with Gasteiger partial charge in [-0.1, -0.05) is 12.1 Å². The van der Waals surface area contributed by atoms with Gasteiger partial charge in [-0.2, -0.15) is 8.78 Å².